The Morgan fingerprint density at radius 1 is 1.47 bits per heavy atom. The van der Waals surface area contributed by atoms with Gasteiger partial charge >= 0.3 is 5.97 Å². The molecule has 0 saturated carbocycles. The molecule has 0 aliphatic rings. The van der Waals surface area contributed by atoms with Gasteiger partial charge in [0.25, 0.3) is 0 Å². The molecular weight excluding hydrogens is 214 g/mol. The number of aryl methyl sites for hydroxylation is 1. The molecule has 1 N–H and O–H groups in total. The molecule has 0 bridgehead atoms. The van der Waals surface area contributed by atoms with Gasteiger partial charge in [-0.3, -0.25) is 0 Å². The van der Waals surface area contributed by atoms with Gasteiger partial charge < -0.3 is 5.11 Å². The van der Waals surface area contributed by atoms with Crippen LogP contribution in [0.5, 0.6) is 0 Å². The highest BCUT2D eigenvalue weighted by Crippen LogP contribution is 2.27. The summed E-state index contributed by atoms with van der Waals surface area (Å²) in [5.41, 5.74) is 1.07. The van der Waals surface area contributed by atoms with Gasteiger partial charge in [-0.25, -0.2) is 9.78 Å². The molecule has 0 fully saturated rings. The summed E-state index contributed by atoms with van der Waals surface area (Å²) in [6, 6.07) is 5.45. The van der Waals surface area contributed by atoms with E-state index >= 15 is 0 Å². The van der Waals surface area contributed by atoms with E-state index in [-0.39, 0.29) is 5.56 Å². The van der Waals surface area contributed by atoms with E-state index in [1.165, 1.54) is 6.20 Å². The van der Waals surface area contributed by atoms with Gasteiger partial charge in [0.1, 0.15) is 5.15 Å². The fourth-order valence-corrected chi connectivity index (χ4v) is 1.82. The van der Waals surface area contributed by atoms with E-state index < -0.39 is 5.97 Å². The molecule has 4 heteroatoms. The largest absolute Gasteiger partial charge is 0.478 e. The minimum absolute atomic E-state index is 0.188. The van der Waals surface area contributed by atoms with Gasteiger partial charge in [-0.1, -0.05) is 29.8 Å². The van der Waals surface area contributed by atoms with Gasteiger partial charge in [0, 0.05) is 17.0 Å². The molecule has 0 aliphatic carbocycles. The lowest BCUT2D eigenvalue weighted by atomic mass is 10.0. The highest BCUT2D eigenvalue weighted by Gasteiger charge is 2.12. The molecule has 15 heavy (non-hydrogen) atoms. The molecule has 0 unspecified atom stereocenters. The van der Waals surface area contributed by atoms with E-state index in [0.29, 0.717) is 15.9 Å². The fraction of sp³-hybridized carbons (Fsp3) is 0.0909. The number of halogens is 1. The van der Waals surface area contributed by atoms with Crippen LogP contribution in [-0.2, 0) is 0 Å². The van der Waals surface area contributed by atoms with Crippen LogP contribution in [0.2, 0.25) is 5.15 Å². The molecule has 2 rings (SSSR count). The Morgan fingerprint density at radius 3 is 2.87 bits per heavy atom. The maximum absolute atomic E-state index is 11.0. The van der Waals surface area contributed by atoms with Gasteiger partial charge in [-0.05, 0) is 12.5 Å². The van der Waals surface area contributed by atoms with Crippen molar-refractivity contribution in [2.24, 2.45) is 0 Å². The van der Waals surface area contributed by atoms with Crippen LogP contribution in [0.3, 0.4) is 0 Å². The highest BCUT2D eigenvalue weighted by molar-refractivity contribution is 6.34. The first kappa shape index (κ1) is 9.93. The third-order valence-electron chi connectivity index (χ3n) is 2.30. The van der Waals surface area contributed by atoms with E-state index in [4.69, 9.17) is 16.7 Å². The summed E-state index contributed by atoms with van der Waals surface area (Å²) in [4.78, 5) is 14.8. The summed E-state index contributed by atoms with van der Waals surface area (Å²) in [5, 5.41) is 10.7. The molecule has 3 nitrogen and oxygen atoms in total. The summed E-state index contributed by atoms with van der Waals surface area (Å²) in [5.74, 6) is -0.988. The van der Waals surface area contributed by atoms with Gasteiger partial charge in [0.15, 0.2) is 0 Å². The van der Waals surface area contributed by atoms with Crippen molar-refractivity contribution in [3.8, 4) is 0 Å². The number of carboxylic acid groups (broad SMARTS) is 1. The maximum Gasteiger partial charge on any atom is 0.337 e. The average Bonchev–Trinajstić information content (AvgIpc) is 2.19. The molecule has 0 spiro atoms. The average molecular weight is 222 g/mol. The lowest BCUT2D eigenvalue weighted by Crippen LogP contribution is -2.00. The molecule has 0 radical (unpaired) electrons. The van der Waals surface area contributed by atoms with Crippen LogP contribution in [-0.4, -0.2) is 16.1 Å². The predicted molar refractivity (Wildman–Crippen MR) is 58.4 cm³/mol. The van der Waals surface area contributed by atoms with Crippen molar-refractivity contribution in [1.82, 2.24) is 4.98 Å². The highest BCUT2D eigenvalue weighted by atomic mass is 35.5. The molecule has 1 aromatic heterocycles. The zero-order valence-corrected chi connectivity index (χ0v) is 8.75. The molecule has 2 aromatic rings. The summed E-state index contributed by atoms with van der Waals surface area (Å²) >= 11 is 5.90. The number of aromatic carboxylic acids is 1. The first-order valence-corrected chi connectivity index (χ1v) is 4.76. The first-order valence-electron chi connectivity index (χ1n) is 4.38. The third-order valence-corrected chi connectivity index (χ3v) is 2.60. The molecule has 0 atom stereocenters. The number of pyridine rings is 1. The second kappa shape index (κ2) is 3.51. The minimum Gasteiger partial charge on any atom is -0.478 e. The van der Waals surface area contributed by atoms with Crippen LogP contribution >= 0.6 is 11.6 Å². The van der Waals surface area contributed by atoms with Crippen molar-refractivity contribution in [2.75, 3.05) is 0 Å². The van der Waals surface area contributed by atoms with E-state index in [2.05, 4.69) is 4.98 Å². The number of hydrogen-bond acceptors (Lipinski definition) is 2. The molecule has 1 heterocycles. The smallest absolute Gasteiger partial charge is 0.337 e. The Morgan fingerprint density at radius 2 is 2.20 bits per heavy atom. The topological polar surface area (TPSA) is 50.2 Å². The van der Waals surface area contributed by atoms with Crippen LogP contribution in [0.15, 0.2) is 24.4 Å². The predicted octanol–water partition coefficient (Wildman–Crippen LogP) is 2.89. The number of aromatic nitrogens is 1. The molecule has 0 amide bonds. The standard InChI is InChI=1S/C11H8ClNO2/c1-6-3-2-4-7-9(6)8(11(14)15)5-13-10(7)12/h2-5H,1H3,(H,14,15). The van der Waals surface area contributed by atoms with Crippen LogP contribution in [0, 0.1) is 6.92 Å². The molecule has 76 valence electrons. The van der Waals surface area contributed by atoms with Gasteiger partial charge in [-0.15, -0.1) is 0 Å². The number of fused-ring (bicyclic) bond motifs is 1. The number of benzene rings is 1. The molecule has 0 saturated heterocycles. The van der Waals surface area contributed by atoms with E-state index in [1.54, 1.807) is 6.07 Å². The van der Waals surface area contributed by atoms with Crippen molar-refractivity contribution < 1.29 is 9.90 Å². The van der Waals surface area contributed by atoms with Crippen molar-refractivity contribution in [1.29, 1.82) is 0 Å². The lowest BCUT2D eigenvalue weighted by molar-refractivity contribution is 0.0698. The van der Waals surface area contributed by atoms with Crippen LogP contribution < -0.4 is 0 Å². The monoisotopic (exact) mass is 221 g/mol. The molecule has 0 aliphatic heterocycles. The second-order valence-electron chi connectivity index (χ2n) is 3.27. The van der Waals surface area contributed by atoms with E-state index in [0.717, 1.165) is 5.56 Å². The van der Waals surface area contributed by atoms with Gasteiger partial charge in [-0.2, -0.15) is 0 Å². The van der Waals surface area contributed by atoms with Crippen molar-refractivity contribution in [3.63, 3.8) is 0 Å². The fourth-order valence-electron chi connectivity index (χ4n) is 1.61. The van der Waals surface area contributed by atoms with Crippen molar-refractivity contribution >= 4 is 28.3 Å². The Bertz CT molecular complexity index is 552. The zero-order chi connectivity index (χ0) is 11.0. The number of nitrogens with zero attached hydrogens (tertiary/aromatic N) is 1. The number of carbonyl (C=O) groups is 1. The zero-order valence-electron chi connectivity index (χ0n) is 7.99. The maximum atomic E-state index is 11.0. The lowest BCUT2D eigenvalue weighted by Gasteiger charge is -2.06. The third kappa shape index (κ3) is 1.55. The Labute approximate surface area is 91.3 Å². The van der Waals surface area contributed by atoms with Crippen LogP contribution in [0.4, 0.5) is 0 Å². The molecule has 1 aromatic carbocycles. The SMILES string of the molecule is Cc1cccc2c(Cl)ncc(C(=O)O)c12. The Balaban J connectivity index is 2.96. The first-order chi connectivity index (χ1) is 7.11. The Hall–Kier alpha value is -1.61. The minimum atomic E-state index is -0.988. The normalized spacial score (nSPS) is 10.5. The van der Waals surface area contributed by atoms with Gasteiger partial charge in [0.05, 0.1) is 5.56 Å². The Kier molecular flexibility index (Phi) is 2.32. The van der Waals surface area contributed by atoms with E-state index in [9.17, 15) is 4.79 Å². The van der Waals surface area contributed by atoms with Gasteiger partial charge in [0.2, 0.25) is 0 Å². The summed E-state index contributed by atoms with van der Waals surface area (Å²) in [6.45, 7) is 1.85. The van der Waals surface area contributed by atoms with E-state index in [1.807, 2.05) is 19.1 Å². The van der Waals surface area contributed by atoms with Crippen molar-refractivity contribution in [2.45, 2.75) is 6.92 Å². The number of carboxylic acids is 1. The second-order valence-corrected chi connectivity index (χ2v) is 3.62. The number of rotatable bonds is 1. The number of hydrogen-bond donors (Lipinski definition) is 1. The molecular formula is C11H8ClNO2. The summed E-state index contributed by atoms with van der Waals surface area (Å²) < 4.78 is 0. The van der Waals surface area contributed by atoms with Crippen molar-refractivity contribution in [3.05, 3.63) is 40.7 Å². The van der Waals surface area contributed by atoms with Crippen LogP contribution in [0.25, 0.3) is 10.8 Å². The summed E-state index contributed by atoms with van der Waals surface area (Å²) in [7, 11) is 0. The summed E-state index contributed by atoms with van der Waals surface area (Å²) in [6.07, 6.45) is 1.29. The quantitative estimate of drug-likeness (QED) is 0.754. The van der Waals surface area contributed by atoms with Crippen LogP contribution in [0.1, 0.15) is 15.9 Å².